The van der Waals surface area contributed by atoms with E-state index in [-0.39, 0.29) is 17.8 Å². The third-order valence-electron chi connectivity index (χ3n) is 16.6. The lowest BCUT2D eigenvalue weighted by atomic mass is 9.62. The molecule has 0 aromatic heterocycles. The highest BCUT2D eigenvalue weighted by atomic mass is 16.5. The van der Waals surface area contributed by atoms with Crippen LogP contribution in [-0.2, 0) is 65.7 Å². The molecule has 8 aromatic carbocycles. The fourth-order valence-corrected chi connectivity index (χ4v) is 12.7. The molecule has 81 heavy (non-hydrogen) atoms. The van der Waals surface area contributed by atoms with E-state index in [1.807, 2.05) is 84.3 Å². The Labute approximate surface area is 477 Å². The van der Waals surface area contributed by atoms with Crippen LogP contribution in [0.15, 0.2) is 230 Å². The summed E-state index contributed by atoms with van der Waals surface area (Å²) in [4.78, 5) is 24.9. The normalized spacial score (nSPS) is 19.6. The summed E-state index contributed by atoms with van der Waals surface area (Å²) in [6.45, 7) is 1.64. The molecule has 407 valence electrons. The number of benzene rings is 8. The maximum Gasteiger partial charge on any atom is 0.374 e. The van der Waals surface area contributed by atoms with Gasteiger partial charge in [-0.05, 0) is 131 Å². The minimum Gasteiger partial charge on any atom is -0.482 e. The van der Waals surface area contributed by atoms with Gasteiger partial charge >= 0.3 is 13.0 Å². The van der Waals surface area contributed by atoms with Crippen molar-refractivity contribution in [3.63, 3.8) is 0 Å². The highest BCUT2D eigenvalue weighted by Gasteiger charge is 2.52. The summed E-state index contributed by atoms with van der Waals surface area (Å²) >= 11 is 0. The van der Waals surface area contributed by atoms with Crippen molar-refractivity contribution < 1.29 is 34.8 Å². The second-order valence-electron chi connectivity index (χ2n) is 22.0. The lowest BCUT2D eigenvalue weighted by molar-refractivity contribution is -0.157. The molecule has 0 saturated carbocycles. The molecule has 0 heterocycles. The first-order valence-electron chi connectivity index (χ1n) is 28.2. The third kappa shape index (κ3) is 13.2. The van der Waals surface area contributed by atoms with Gasteiger partial charge in [0.15, 0.2) is 7.28 Å². The first kappa shape index (κ1) is 56.4. The van der Waals surface area contributed by atoms with Crippen LogP contribution in [0.25, 0.3) is 12.2 Å². The topological polar surface area (TPSA) is 148 Å². The number of aliphatic carboxylic acids is 1. The van der Waals surface area contributed by atoms with Crippen LogP contribution >= 0.6 is 0 Å². The first-order valence-corrected chi connectivity index (χ1v) is 28.2. The number of hydrogen-bond acceptors (Lipinski definition) is 8. The lowest BCUT2D eigenvalue weighted by Crippen LogP contribution is -2.48. The fraction of sp³-hybridized carbons (Fsp3) is 0.229. The predicted molar refractivity (Wildman–Crippen MR) is 323 cm³/mol. The van der Waals surface area contributed by atoms with E-state index in [1.54, 1.807) is 6.82 Å². The molecule has 6 atom stereocenters. The van der Waals surface area contributed by atoms with Crippen LogP contribution in [0.3, 0.4) is 0 Å². The van der Waals surface area contributed by atoms with Crippen LogP contribution in [0.4, 0.5) is 0 Å². The Kier molecular flexibility index (Phi) is 18.2. The Morgan fingerprint density at radius 3 is 1.48 bits per heavy atom. The van der Waals surface area contributed by atoms with Gasteiger partial charge < -0.3 is 30.4 Å². The molecular formula is C70H69B2N2O7. The van der Waals surface area contributed by atoms with E-state index in [9.17, 15) is 19.7 Å². The smallest absolute Gasteiger partial charge is 0.374 e. The van der Waals surface area contributed by atoms with Gasteiger partial charge in [0.25, 0.3) is 5.97 Å². The van der Waals surface area contributed by atoms with Gasteiger partial charge in [0.2, 0.25) is 0 Å². The Hall–Kier alpha value is -7.89. The van der Waals surface area contributed by atoms with Crippen molar-refractivity contribution in [2.75, 3.05) is 6.44 Å². The number of fused-ring (bicyclic) bond motifs is 4. The maximum atomic E-state index is 14.0. The molecule has 11 heteroatoms. The zero-order valence-electron chi connectivity index (χ0n) is 45.8. The number of carboxylic acid groups (broad SMARTS) is 1. The van der Waals surface area contributed by atoms with Gasteiger partial charge in [-0.25, -0.2) is 5.48 Å². The van der Waals surface area contributed by atoms with Crippen LogP contribution in [0.1, 0.15) is 79.0 Å². The number of aliphatic hydroxyl groups excluding tert-OH is 1. The Morgan fingerprint density at radius 1 is 0.568 bits per heavy atom. The highest BCUT2D eigenvalue weighted by Crippen LogP contribution is 2.57. The van der Waals surface area contributed by atoms with Gasteiger partial charge in [0, 0.05) is 16.6 Å². The van der Waals surface area contributed by atoms with Gasteiger partial charge in [-0.1, -0.05) is 242 Å². The van der Waals surface area contributed by atoms with Crippen LogP contribution in [0, 0.1) is 10.8 Å². The number of hydrogen-bond donors (Lipinski definition) is 6. The van der Waals surface area contributed by atoms with E-state index < -0.39 is 42.5 Å². The van der Waals surface area contributed by atoms with Gasteiger partial charge in [-0.3, -0.25) is 9.59 Å². The molecule has 8 aromatic rings. The zero-order valence-corrected chi connectivity index (χ0v) is 45.8. The van der Waals surface area contributed by atoms with Crippen LogP contribution in [0.2, 0.25) is 12.6 Å². The van der Waals surface area contributed by atoms with Crippen molar-refractivity contribution >= 4 is 38.4 Å². The maximum absolute atomic E-state index is 14.0. The van der Waals surface area contributed by atoms with Gasteiger partial charge in [-0.15, -0.1) is 0 Å². The summed E-state index contributed by atoms with van der Waals surface area (Å²) in [6.07, 6.45) is 9.87. The summed E-state index contributed by atoms with van der Waals surface area (Å²) in [6, 6.07) is 73.6. The van der Waals surface area contributed by atoms with Crippen LogP contribution < -0.4 is 10.7 Å². The Balaban J connectivity index is 0.000000153. The second-order valence-corrected chi connectivity index (χ2v) is 22.0. The summed E-state index contributed by atoms with van der Waals surface area (Å²) < 4.78 is 6.62. The molecule has 0 amide bonds. The summed E-state index contributed by atoms with van der Waals surface area (Å²) in [5.41, 5.74) is 18.3. The van der Waals surface area contributed by atoms with E-state index in [1.165, 1.54) is 62.9 Å². The fourth-order valence-electron chi connectivity index (χ4n) is 12.7. The van der Waals surface area contributed by atoms with Crippen molar-refractivity contribution in [1.82, 2.24) is 10.7 Å². The quantitative estimate of drug-likeness (QED) is 0.0281. The van der Waals surface area contributed by atoms with E-state index in [4.69, 9.17) is 15.1 Å². The number of nitrogens with one attached hydrogen (secondary N) is 2. The van der Waals surface area contributed by atoms with Crippen molar-refractivity contribution in [1.29, 1.82) is 0 Å². The first-order chi connectivity index (χ1) is 39.5. The molecule has 4 aliphatic rings. The van der Waals surface area contributed by atoms with E-state index in [0.29, 0.717) is 12.8 Å². The monoisotopic (exact) mass is 1070 g/mol. The van der Waals surface area contributed by atoms with Crippen LogP contribution in [-0.4, -0.2) is 59.2 Å². The number of rotatable bonds is 18. The minimum atomic E-state index is -0.880. The molecule has 0 aliphatic heterocycles. The molecule has 4 aliphatic carbocycles. The highest BCUT2D eigenvalue weighted by molar-refractivity contribution is 6.46. The molecule has 0 saturated heterocycles. The molecule has 1 radical (unpaired) electrons. The number of carbonyl (C=O) groups excluding carboxylic acids is 1. The second kappa shape index (κ2) is 26.1. The molecule has 0 bridgehead atoms. The van der Waals surface area contributed by atoms with Crippen molar-refractivity contribution in [3.8, 4) is 0 Å². The van der Waals surface area contributed by atoms with Crippen molar-refractivity contribution in [2.24, 2.45) is 10.8 Å². The number of ether oxygens (including phenoxy) is 1. The summed E-state index contributed by atoms with van der Waals surface area (Å²) in [7, 11) is 0.688. The average molecular weight is 1070 g/mol. The third-order valence-corrected chi connectivity index (χ3v) is 16.6. The number of carboxylic acids is 1. The number of hydroxylamine groups is 1. The van der Waals surface area contributed by atoms with Gasteiger partial charge in [0.1, 0.15) is 12.1 Å². The number of aliphatic hydroxyl groups is 1. The molecule has 9 nitrogen and oxygen atoms in total. The standard InChI is InChI=1S/C35H34BNO3.C25H22O.C10H13BNO3/c1-36(39)37-32(20-25-12-4-2-5-13-25)34(38)40-33-31-19-11-10-18-29(31)24-35(33,23-26-14-6-3-7-15-26)30-21-27-16-8-9-17-28(27)22-30;26-24-23-13-7-6-12-21(23)17-25(24,16-18-8-2-1-3-9-18)22-14-19-10-4-5-11-20(19)15-22;13-10(14)9(11-7-12-15)6-8-4-2-1-3-5-8/h2-19,21,32-33,37,39H,20,22-24H2,1H3;1-14,24,26H,15-17H2;1-5,9,12,15H,6-7H2,(H,13,14)/t32-,33?,35?;;/m1../s1. The van der Waals surface area contributed by atoms with Gasteiger partial charge in [0.05, 0.1) is 6.10 Å². The number of carbonyl (C=O) groups is 2. The van der Waals surface area contributed by atoms with E-state index in [2.05, 4.69) is 157 Å². The molecule has 0 spiro atoms. The predicted octanol–water partition coefficient (Wildman–Crippen LogP) is 11.9. The van der Waals surface area contributed by atoms with E-state index >= 15 is 0 Å². The van der Waals surface area contributed by atoms with Crippen LogP contribution in [0.5, 0.6) is 0 Å². The van der Waals surface area contributed by atoms with Crippen molar-refractivity contribution in [2.45, 2.75) is 82.3 Å². The lowest BCUT2D eigenvalue weighted by Gasteiger charge is -2.38. The summed E-state index contributed by atoms with van der Waals surface area (Å²) in [5, 5.41) is 42.0. The molecule has 6 N–H and O–H groups in total. The SMILES string of the molecule is CB(O)N[C@H](Cc1ccccc1)C(=O)OC1c2ccccc2CC1(Cc1ccccc1)C1=Cc2ccccc2C1.O=C(O)C([B]CNO)Cc1ccccc1.OC1c2ccccc2CC1(Cc1ccccc1)C1=Cc2ccccc2C1. The van der Waals surface area contributed by atoms with Crippen molar-refractivity contribution in [3.05, 3.63) is 296 Å². The summed E-state index contributed by atoms with van der Waals surface area (Å²) in [5.74, 6) is -1.80. The van der Waals surface area contributed by atoms with Gasteiger partial charge in [-0.2, -0.15) is 0 Å². The van der Waals surface area contributed by atoms with E-state index in [0.717, 1.165) is 60.8 Å². The Morgan fingerprint density at radius 2 is 0.988 bits per heavy atom. The Bertz CT molecular complexity index is 3470. The average Bonchev–Trinajstić information content (AvgIpc) is 3.47. The largest absolute Gasteiger partial charge is 0.482 e. The molecule has 12 rings (SSSR count). The molecular weight excluding hydrogens is 1000 g/mol. The molecule has 5 unspecified atom stereocenters. The zero-order chi connectivity index (χ0) is 56.2. The minimum absolute atomic E-state index is 0.170. The number of esters is 1. The molecule has 0 fully saturated rings.